The molecule has 0 bridgehead atoms. The average molecular weight is 541 g/mol. The summed E-state index contributed by atoms with van der Waals surface area (Å²) in [5, 5.41) is 13.3. The van der Waals surface area contributed by atoms with E-state index < -0.39 is 0 Å². The summed E-state index contributed by atoms with van der Waals surface area (Å²) in [5.41, 5.74) is 3.56. The molecule has 9 heteroatoms. The van der Waals surface area contributed by atoms with E-state index >= 15 is 0 Å². The van der Waals surface area contributed by atoms with Crippen molar-refractivity contribution in [2.45, 2.75) is 120 Å². The second kappa shape index (κ2) is 11.5. The second-order valence-corrected chi connectivity index (χ2v) is 15.0. The van der Waals surface area contributed by atoms with Crippen molar-refractivity contribution in [2.24, 2.45) is 49.5 Å². The van der Waals surface area contributed by atoms with Crippen LogP contribution in [0.1, 0.15) is 120 Å². The van der Waals surface area contributed by atoms with Crippen LogP contribution in [0.5, 0.6) is 18.0 Å². The van der Waals surface area contributed by atoms with E-state index in [1.165, 1.54) is 19.3 Å². The molecule has 3 atom stereocenters. The molecule has 39 heavy (non-hydrogen) atoms. The summed E-state index contributed by atoms with van der Waals surface area (Å²) < 4.78 is 0. The molecule has 3 aliphatic carbocycles. The maximum absolute atomic E-state index is 5.72. The first kappa shape index (κ1) is 29.4. The third kappa shape index (κ3) is 8.97. The number of aromatic nitrogens is 3. The number of rotatable bonds is 6. The molecular weight excluding hydrogens is 492 g/mol. The fourth-order valence-corrected chi connectivity index (χ4v) is 7.31. The normalized spacial score (nSPS) is 31.3. The summed E-state index contributed by atoms with van der Waals surface area (Å²) in [6, 6.07) is 0.0239. The summed E-state index contributed by atoms with van der Waals surface area (Å²) in [6.07, 6.45) is 8.80. The van der Waals surface area contributed by atoms with Crippen LogP contribution in [0.15, 0.2) is 15.5 Å². The lowest BCUT2D eigenvalue weighted by atomic mass is 9.72. The van der Waals surface area contributed by atoms with Crippen LogP contribution in [-0.4, -0.2) is 32.1 Å². The van der Waals surface area contributed by atoms with Gasteiger partial charge in [0.05, 0.1) is 17.1 Å². The zero-order valence-electron chi connectivity index (χ0n) is 25.5. The predicted molar refractivity (Wildman–Crippen MR) is 154 cm³/mol. The highest BCUT2D eigenvalue weighted by atomic mass is 16.7. The first-order valence-corrected chi connectivity index (χ1v) is 14.6. The minimum absolute atomic E-state index is 0.00798. The maximum Gasteiger partial charge on any atom is 0.355 e. The van der Waals surface area contributed by atoms with Gasteiger partial charge in [0.1, 0.15) is 0 Å². The Morgan fingerprint density at radius 2 is 0.769 bits per heavy atom. The monoisotopic (exact) mass is 540 g/mol. The van der Waals surface area contributed by atoms with Crippen molar-refractivity contribution in [1.82, 2.24) is 15.0 Å². The lowest BCUT2D eigenvalue weighted by Gasteiger charge is -2.34. The smallest absolute Gasteiger partial charge is 0.315 e. The molecule has 1 aromatic rings. The van der Waals surface area contributed by atoms with E-state index in [9.17, 15) is 0 Å². The lowest BCUT2D eigenvalue weighted by molar-refractivity contribution is 0.227. The molecule has 0 spiro atoms. The van der Waals surface area contributed by atoms with Crippen LogP contribution in [-0.2, 0) is 0 Å². The molecule has 0 aliphatic heterocycles. The third-order valence-electron chi connectivity index (χ3n) is 7.85. The van der Waals surface area contributed by atoms with Gasteiger partial charge < -0.3 is 14.5 Å². The fraction of sp³-hybridized carbons (Fsp3) is 0.800. The number of nitrogens with zero attached hydrogens (tertiary/aromatic N) is 6. The van der Waals surface area contributed by atoms with Crippen LogP contribution in [0.3, 0.4) is 0 Å². The molecule has 9 nitrogen and oxygen atoms in total. The standard InChI is InChI=1S/C30H48N6O3/c1-19-10-22(16-28(4,5)13-19)34-37-25-31-26(38-35-23-11-20(2)14-29(6,7)17-23)33-27(32-25)39-36-24-12-21(3)15-30(8,9)18-24/h19-21H,10-18H2,1-9H3/b34-22-,35-23-,36-24?. The SMILES string of the molecule is CC1CC(=NOc2nc(O/N=C3/CC(C)CC(C)(C)C3)nc(O/N=C3/CC(C)CC(C)(C)C3)n2)CC(C)(C)C1. The van der Waals surface area contributed by atoms with Crippen LogP contribution in [0.25, 0.3) is 0 Å². The molecule has 3 fully saturated rings. The van der Waals surface area contributed by atoms with E-state index in [1.54, 1.807) is 0 Å². The van der Waals surface area contributed by atoms with E-state index in [4.69, 9.17) is 14.5 Å². The Kier molecular flexibility index (Phi) is 8.67. The minimum Gasteiger partial charge on any atom is -0.315 e. The quantitative estimate of drug-likeness (QED) is 0.344. The summed E-state index contributed by atoms with van der Waals surface area (Å²) >= 11 is 0. The molecule has 0 radical (unpaired) electrons. The van der Waals surface area contributed by atoms with E-state index in [0.717, 1.165) is 55.7 Å². The van der Waals surface area contributed by atoms with Crippen molar-refractivity contribution in [3.8, 4) is 18.0 Å². The van der Waals surface area contributed by atoms with Gasteiger partial charge in [-0.2, -0.15) is 0 Å². The Labute approximate surface area is 234 Å². The highest BCUT2D eigenvalue weighted by Crippen LogP contribution is 2.39. The lowest BCUT2D eigenvalue weighted by Crippen LogP contribution is -2.28. The molecule has 3 unspecified atom stereocenters. The maximum atomic E-state index is 5.72. The van der Waals surface area contributed by atoms with Crippen LogP contribution in [0.2, 0.25) is 0 Å². The topological polar surface area (TPSA) is 103 Å². The Bertz CT molecular complexity index is 973. The van der Waals surface area contributed by atoms with Crippen molar-refractivity contribution in [3.63, 3.8) is 0 Å². The van der Waals surface area contributed by atoms with Crippen LogP contribution < -0.4 is 14.5 Å². The number of hydrogen-bond donors (Lipinski definition) is 0. The first-order chi connectivity index (χ1) is 18.2. The molecule has 216 valence electrons. The molecule has 3 saturated carbocycles. The van der Waals surface area contributed by atoms with Gasteiger partial charge in [-0.05, 0) is 91.8 Å². The molecule has 0 aromatic carbocycles. The van der Waals surface area contributed by atoms with Crippen LogP contribution in [0.4, 0.5) is 0 Å². The first-order valence-electron chi connectivity index (χ1n) is 14.6. The highest BCUT2D eigenvalue weighted by molar-refractivity contribution is 5.86. The molecule has 0 saturated heterocycles. The van der Waals surface area contributed by atoms with Gasteiger partial charge in [0.2, 0.25) is 0 Å². The average Bonchev–Trinajstić information content (AvgIpc) is 2.76. The van der Waals surface area contributed by atoms with Gasteiger partial charge in [-0.1, -0.05) is 77.8 Å². The fourth-order valence-electron chi connectivity index (χ4n) is 7.31. The van der Waals surface area contributed by atoms with Crippen molar-refractivity contribution in [3.05, 3.63) is 0 Å². The van der Waals surface area contributed by atoms with Crippen molar-refractivity contribution >= 4 is 17.1 Å². The number of hydrogen-bond acceptors (Lipinski definition) is 9. The number of oxime groups is 3. The molecule has 3 aliphatic rings. The van der Waals surface area contributed by atoms with Gasteiger partial charge in [0.25, 0.3) is 0 Å². The molecular formula is C30H48N6O3. The van der Waals surface area contributed by atoms with E-state index in [0.29, 0.717) is 17.8 Å². The molecule has 0 amide bonds. The van der Waals surface area contributed by atoms with Gasteiger partial charge in [0.15, 0.2) is 0 Å². The van der Waals surface area contributed by atoms with Gasteiger partial charge in [-0.25, -0.2) is 0 Å². The Morgan fingerprint density at radius 1 is 0.513 bits per heavy atom. The minimum atomic E-state index is 0.00798. The summed E-state index contributed by atoms with van der Waals surface area (Å²) in [5.74, 6) is 1.63. The summed E-state index contributed by atoms with van der Waals surface area (Å²) in [6.45, 7) is 20.3. The van der Waals surface area contributed by atoms with Gasteiger partial charge in [-0.3, -0.25) is 0 Å². The third-order valence-corrected chi connectivity index (χ3v) is 7.85. The van der Waals surface area contributed by atoms with Gasteiger partial charge in [-0.15, -0.1) is 15.0 Å². The van der Waals surface area contributed by atoms with E-state index in [2.05, 4.69) is 92.7 Å². The highest BCUT2D eigenvalue weighted by Gasteiger charge is 2.32. The van der Waals surface area contributed by atoms with E-state index in [-0.39, 0.29) is 34.3 Å². The van der Waals surface area contributed by atoms with Gasteiger partial charge >= 0.3 is 18.0 Å². The summed E-state index contributed by atoms with van der Waals surface area (Å²) in [7, 11) is 0. The van der Waals surface area contributed by atoms with Crippen LogP contribution in [0, 0.1) is 34.0 Å². The molecule has 0 N–H and O–H groups in total. The molecule has 4 rings (SSSR count). The zero-order chi connectivity index (χ0) is 28.4. The largest absolute Gasteiger partial charge is 0.355 e. The summed E-state index contributed by atoms with van der Waals surface area (Å²) in [4.78, 5) is 30.2. The van der Waals surface area contributed by atoms with E-state index in [1.807, 2.05) is 0 Å². The Hall–Kier alpha value is -2.58. The predicted octanol–water partition coefficient (Wildman–Crippen LogP) is 7.61. The molecule has 1 aromatic heterocycles. The van der Waals surface area contributed by atoms with Crippen molar-refractivity contribution < 1.29 is 14.5 Å². The Morgan fingerprint density at radius 3 is 1.00 bits per heavy atom. The van der Waals surface area contributed by atoms with Crippen molar-refractivity contribution in [1.29, 1.82) is 0 Å². The zero-order valence-corrected chi connectivity index (χ0v) is 25.5. The van der Waals surface area contributed by atoms with Crippen LogP contribution >= 0.6 is 0 Å². The molecule has 1 heterocycles. The van der Waals surface area contributed by atoms with Gasteiger partial charge in [0, 0.05) is 0 Å². The Balaban J connectivity index is 1.56. The second-order valence-electron chi connectivity index (χ2n) is 15.0. The van der Waals surface area contributed by atoms with Crippen molar-refractivity contribution in [2.75, 3.05) is 0 Å².